The molecule has 0 fully saturated rings. The third kappa shape index (κ3) is 9.34. The van der Waals surface area contributed by atoms with Crippen LogP contribution in [0.1, 0.15) is 17.0 Å². The lowest BCUT2D eigenvalue weighted by Crippen LogP contribution is -2.34. The van der Waals surface area contributed by atoms with Crippen LogP contribution in [0.15, 0.2) is 90.1 Å². The van der Waals surface area contributed by atoms with Crippen molar-refractivity contribution in [2.24, 2.45) is 5.11 Å². The first-order valence-corrected chi connectivity index (χ1v) is 11.6. The summed E-state index contributed by atoms with van der Waals surface area (Å²) in [7, 11) is 0. The average molecular weight is 490 g/mol. The molecular weight excluding hydrogens is 458 g/mol. The van der Waals surface area contributed by atoms with Gasteiger partial charge in [0, 0.05) is 50.5 Å². The smallest absolute Gasteiger partial charge is 0.224 e. The van der Waals surface area contributed by atoms with Gasteiger partial charge in [0.2, 0.25) is 5.91 Å². The van der Waals surface area contributed by atoms with E-state index < -0.39 is 12.7 Å². The first-order valence-electron chi connectivity index (χ1n) is 11.6. The zero-order valence-corrected chi connectivity index (χ0v) is 19.9. The first-order chi connectivity index (χ1) is 17.6. The Kier molecular flexibility index (Phi) is 10.7. The van der Waals surface area contributed by atoms with Crippen LogP contribution in [0.2, 0.25) is 0 Å². The highest BCUT2D eigenvalue weighted by Gasteiger charge is 2.12. The van der Waals surface area contributed by atoms with Crippen molar-refractivity contribution in [2.45, 2.75) is 25.6 Å². The molecule has 1 atom stereocenters. The molecule has 5 N–H and O–H groups in total. The zero-order chi connectivity index (χ0) is 25.6. The van der Waals surface area contributed by atoms with E-state index in [0.29, 0.717) is 25.3 Å². The van der Waals surface area contributed by atoms with Crippen LogP contribution in [0.3, 0.4) is 0 Å². The van der Waals surface area contributed by atoms with E-state index in [9.17, 15) is 9.90 Å². The van der Waals surface area contributed by atoms with Gasteiger partial charge in [0.1, 0.15) is 0 Å². The lowest BCUT2D eigenvalue weighted by atomic mass is 10.1. The van der Waals surface area contributed by atoms with Crippen molar-refractivity contribution in [2.75, 3.05) is 25.0 Å². The fraction of sp³-hybridized carbons (Fsp3) is 0.269. The van der Waals surface area contributed by atoms with E-state index in [-0.39, 0.29) is 18.9 Å². The fourth-order valence-electron chi connectivity index (χ4n) is 3.38. The molecule has 1 aromatic carbocycles. The van der Waals surface area contributed by atoms with E-state index in [1.807, 2.05) is 60.7 Å². The van der Waals surface area contributed by atoms with Crippen molar-refractivity contribution in [3.05, 3.63) is 102 Å². The average Bonchev–Trinajstić information content (AvgIpc) is 2.91. The van der Waals surface area contributed by atoms with Crippen molar-refractivity contribution in [3.63, 3.8) is 0 Å². The van der Waals surface area contributed by atoms with Crippen molar-refractivity contribution in [3.8, 4) is 0 Å². The number of amides is 1. The van der Waals surface area contributed by atoms with Crippen LogP contribution in [0, 0.1) is 5.53 Å². The number of nitrogens with one attached hydrogen (secondary N) is 3. The standard InChI is InChI=1S/C26H31N7O3/c27-32-24(14-30-21-9-7-20(8-10-21)13-26(36)31-15-25(35)19-34)18-33(16-22-5-1-3-11-28-22)17-23-6-2-4-12-29-23/h1-12,14,25,27,30,34-35H,13,15-19H2,(H,31,36)/b24-14-,32-27?/t25-/m0/s1. The predicted molar refractivity (Wildman–Crippen MR) is 136 cm³/mol. The summed E-state index contributed by atoms with van der Waals surface area (Å²) in [5.41, 5.74) is 11.6. The Morgan fingerprint density at radius 1 is 1.03 bits per heavy atom. The second-order valence-corrected chi connectivity index (χ2v) is 8.19. The Morgan fingerprint density at radius 2 is 1.67 bits per heavy atom. The number of hydrogen-bond donors (Lipinski definition) is 5. The van der Waals surface area contributed by atoms with E-state index in [0.717, 1.165) is 22.6 Å². The maximum Gasteiger partial charge on any atom is 0.224 e. The Morgan fingerprint density at radius 3 is 2.19 bits per heavy atom. The summed E-state index contributed by atoms with van der Waals surface area (Å²) >= 11 is 0. The molecule has 0 radical (unpaired) electrons. The van der Waals surface area contributed by atoms with E-state index in [4.69, 9.17) is 10.6 Å². The molecule has 188 valence electrons. The fourth-order valence-corrected chi connectivity index (χ4v) is 3.38. The molecule has 10 heteroatoms. The normalized spacial score (nSPS) is 12.2. The molecule has 0 aliphatic heterocycles. The summed E-state index contributed by atoms with van der Waals surface area (Å²) in [4.78, 5) is 22.9. The minimum absolute atomic E-state index is 0.0108. The Balaban J connectivity index is 1.60. The molecule has 3 aromatic rings. The van der Waals surface area contributed by atoms with Gasteiger partial charge in [-0.05, 0) is 42.0 Å². The van der Waals surface area contributed by atoms with Crippen molar-refractivity contribution in [1.29, 1.82) is 5.53 Å². The molecule has 0 spiro atoms. The van der Waals surface area contributed by atoms with Crippen LogP contribution < -0.4 is 10.6 Å². The topological polar surface area (TPSA) is 147 Å². The van der Waals surface area contributed by atoms with Crippen LogP contribution in [-0.4, -0.2) is 56.8 Å². The summed E-state index contributed by atoms with van der Waals surface area (Å²) in [6.07, 6.45) is 4.40. The summed E-state index contributed by atoms with van der Waals surface area (Å²) in [5, 5.41) is 27.6. The summed E-state index contributed by atoms with van der Waals surface area (Å²) in [5.74, 6) is -0.237. The molecule has 0 aliphatic carbocycles. The number of nitrogens with zero attached hydrogens (tertiary/aromatic N) is 4. The van der Waals surface area contributed by atoms with Gasteiger partial charge in [0.25, 0.3) is 0 Å². The van der Waals surface area contributed by atoms with E-state index in [1.165, 1.54) is 0 Å². The van der Waals surface area contributed by atoms with Crippen LogP contribution in [0.5, 0.6) is 0 Å². The number of benzene rings is 1. The highest BCUT2D eigenvalue weighted by atomic mass is 16.3. The van der Waals surface area contributed by atoms with Crippen molar-refractivity contribution >= 4 is 11.6 Å². The molecule has 0 bridgehead atoms. The maximum atomic E-state index is 12.0. The second kappa shape index (κ2) is 14.4. The number of aliphatic hydroxyl groups is 2. The van der Waals surface area contributed by atoms with Gasteiger partial charge in [0.05, 0.1) is 36.2 Å². The lowest BCUT2D eigenvalue weighted by Gasteiger charge is -2.21. The van der Waals surface area contributed by atoms with Gasteiger partial charge in [-0.2, -0.15) is 5.11 Å². The van der Waals surface area contributed by atoms with Gasteiger partial charge in [-0.15, -0.1) is 0 Å². The number of anilines is 1. The monoisotopic (exact) mass is 489 g/mol. The van der Waals surface area contributed by atoms with Crippen molar-refractivity contribution < 1.29 is 15.0 Å². The van der Waals surface area contributed by atoms with Gasteiger partial charge >= 0.3 is 0 Å². The Labute approximate surface area is 210 Å². The molecule has 3 rings (SSSR count). The van der Waals surface area contributed by atoms with Crippen LogP contribution in [-0.2, 0) is 24.3 Å². The van der Waals surface area contributed by atoms with Crippen LogP contribution >= 0.6 is 0 Å². The van der Waals surface area contributed by atoms with Gasteiger partial charge in [0.15, 0.2) is 0 Å². The molecule has 0 saturated carbocycles. The third-order valence-corrected chi connectivity index (χ3v) is 5.22. The largest absolute Gasteiger partial charge is 0.394 e. The Bertz CT molecular complexity index is 1070. The number of hydrogen-bond acceptors (Lipinski definition) is 9. The SMILES string of the molecule is N=N/C(=C\Nc1ccc(CC(=O)NC[C@H](O)CO)cc1)CN(Cc1ccccn1)Cc1ccccn1. The maximum absolute atomic E-state index is 12.0. The molecule has 2 heterocycles. The third-order valence-electron chi connectivity index (χ3n) is 5.22. The predicted octanol–water partition coefficient (Wildman–Crippen LogP) is 2.48. The van der Waals surface area contributed by atoms with E-state index in [2.05, 4.69) is 30.6 Å². The highest BCUT2D eigenvalue weighted by Crippen LogP contribution is 2.14. The lowest BCUT2D eigenvalue weighted by molar-refractivity contribution is -0.121. The quantitative estimate of drug-likeness (QED) is 0.219. The molecule has 1 amide bonds. The van der Waals surface area contributed by atoms with Gasteiger partial charge in [-0.3, -0.25) is 19.7 Å². The molecule has 10 nitrogen and oxygen atoms in total. The van der Waals surface area contributed by atoms with Crippen molar-refractivity contribution in [1.82, 2.24) is 20.2 Å². The summed E-state index contributed by atoms with van der Waals surface area (Å²) < 4.78 is 0. The summed E-state index contributed by atoms with van der Waals surface area (Å²) in [6, 6.07) is 18.9. The highest BCUT2D eigenvalue weighted by molar-refractivity contribution is 5.78. The van der Waals surface area contributed by atoms with E-state index in [1.54, 1.807) is 18.6 Å². The van der Waals surface area contributed by atoms with Crippen LogP contribution in [0.4, 0.5) is 5.69 Å². The number of carbonyl (C=O) groups is 1. The second-order valence-electron chi connectivity index (χ2n) is 8.19. The number of aliphatic hydroxyl groups excluding tert-OH is 2. The van der Waals surface area contributed by atoms with Gasteiger partial charge in [-0.1, -0.05) is 24.3 Å². The Hall–Kier alpha value is -3.99. The molecule has 36 heavy (non-hydrogen) atoms. The molecule has 0 unspecified atom stereocenters. The number of carbonyl (C=O) groups excluding carboxylic acids is 1. The minimum Gasteiger partial charge on any atom is -0.394 e. The first kappa shape index (κ1) is 26.6. The summed E-state index contributed by atoms with van der Waals surface area (Å²) in [6.45, 7) is 1.19. The molecule has 0 saturated heterocycles. The number of rotatable bonds is 14. The van der Waals surface area contributed by atoms with Crippen LogP contribution in [0.25, 0.3) is 0 Å². The molecule has 0 aliphatic rings. The molecule has 2 aromatic heterocycles. The van der Waals surface area contributed by atoms with E-state index >= 15 is 0 Å². The minimum atomic E-state index is -0.965. The number of pyridine rings is 2. The molecular formula is C26H31N7O3. The zero-order valence-electron chi connectivity index (χ0n) is 19.9. The van der Waals surface area contributed by atoms with Gasteiger partial charge < -0.3 is 20.8 Å². The van der Waals surface area contributed by atoms with Gasteiger partial charge in [-0.25, -0.2) is 5.53 Å². The number of aromatic nitrogens is 2.